The van der Waals surface area contributed by atoms with Crippen LogP contribution in [0.1, 0.15) is 33.6 Å². The Balaban J connectivity index is 2.39. The molecule has 2 aromatic rings. The molecule has 0 aliphatic heterocycles. The van der Waals surface area contributed by atoms with Gasteiger partial charge < -0.3 is 9.53 Å². The average Bonchev–Trinajstić information content (AvgIpc) is 2.62. The summed E-state index contributed by atoms with van der Waals surface area (Å²) in [6, 6.07) is 21.3. The molecule has 3 heteroatoms. The van der Waals surface area contributed by atoms with Gasteiger partial charge in [0, 0.05) is 13.0 Å². The molecule has 0 atom stereocenters. The third-order valence-electron chi connectivity index (χ3n) is 4.39. The van der Waals surface area contributed by atoms with Gasteiger partial charge in [-0.05, 0) is 21.8 Å². The van der Waals surface area contributed by atoms with Crippen LogP contribution in [0.15, 0.2) is 60.7 Å². The van der Waals surface area contributed by atoms with E-state index in [4.69, 9.17) is 9.53 Å². The number of rotatable bonds is 6. The van der Waals surface area contributed by atoms with E-state index in [1.54, 1.807) is 0 Å². The molecule has 0 fully saturated rings. The Bertz CT molecular complexity index is 654. The maximum atomic E-state index is 8.76. The van der Waals surface area contributed by atoms with Crippen LogP contribution in [0.4, 0.5) is 0 Å². The van der Waals surface area contributed by atoms with Gasteiger partial charge in [0.1, 0.15) is 6.61 Å². The van der Waals surface area contributed by atoms with Gasteiger partial charge in [0.2, 0.25) is 0 Å². The van der Waals surface area contributed by atoms with Crippen molar-refractivity contribution in [1.82, 2.24) is 0 Å². The van der Waals surface area contributed by atoms with E-state index in [9.17, 15) is 0 Å². The van der Waals surface area contributed by atoms with Crippen molar-refractivity contribution in [1.29, 1.82) is 0 Å². The molecule has 0 aliphatic carbocycles. The molecule has 0 aromatic heterocycles. The third kappa shape index (κ3) is 4.61. The lowest BCUT2D eigenvalue weighted by molar-refractivity contribution is 0.293. The van der Waals surface area contributed by atoms with E-state index in [0.29, 0.717) is 6.61 Å². The van der Waals surface area contributed by atoms with Crippen molar-refractivity contribution in [2.75, 3.05) is 13.2 Å². The Hall–Kier alpha value is -1.86. The number of aliphatic hydroxyl groups excluding tert-OH is 1. The van der Waals surface area contributed by atoms with Crippen molar-refractivity contribution in [3.05, 3.63) is 60.7 Å². The summed E-state index contributed by atoms with van der Waals surface area (Å²) in [5, 5.41) is 11.4. The van der Waals surface area contributed by atoms with Gasteiger partial charge >= 0.3 is 0 Å². The average molecular weight is 353 g/mol. The summed E-state index contributed by atoms with van der Waals surface area (Å²) < 4.78 is 6.76. The van der Waals surface area contributed by atoms with Gasteiger partial charge in [-0.15, -0.1) is 5.92 Å². The van der Waals surface area contributed by atoms with Gasteiger partial charge in [-0.2, -0.15) is 0 Å². The molecule has 0 aliphatic rings. The number of hydrogen-bond donors (Lipinski definition) is 1. The Morgan fingerprint density at radius 3 is 1.84 bits per heavy atom. The summed E-state index contributed by atoms with van der Waals surface area (Å²) in [4.78, 5) is 0. The van der Waals surface area contributed by atoms with Crippen LogP contribution in [0.2, 0.25) is 5.04 Å². The van der Waals surface area contributed by atoms with Crippen molar-refractivity contribution >= 4 is 18.7 Å². The normalized spacial score (nSPS) is 11.7. The zero-order valence-electron chi connectivity index (χ0n) is 15.5. The SMILES string of the molecule is CC(C)(C)[Si](OCCCC#CCO)(c1ccccc1)c1ccccc1. The lowest BCUT2D eigenvalue weighted by atomic mass is 10.2. The summed E-state index contributed by atoms with van der Waals surface area (Å²) in [7, 11) is -2.42. The summed E-state index contributed by atoms with van der Waals surface area (Å²) in [6.07, 6.45) is 1.62. The first-order valence-corrected chi connectivity index (χ1v) is 10.7. The highest BCUT2D eigenvalue weighted by Crippen LogP contribution is 2.36. The molecule has 0 saturated heterocycles. The summed E-state index contributed by atoms with van der Waals surface area (Å²) >= 11 is 0. The van der Waals surface area contributed by atoms with Gasteiger partial charge in [-0.3, -0.25) is 0 Å². The standard InChI is InChI=1S/C22H28O2Si/c1-22(2,3)25(20-14-8-6-9-15-20,21-16-10-7-11-17-21)24-19-13-5-4-12-18-23/h6-11,14-17,23H,5,13,18-19H2,1-3H3. The largest absolute Gasteiger partial charge is 0.407 e. The van der Waals surface area contributed by atoms with E-state index in [0.717, 1.165) is 12.8 Å². The Morgan fingerprint density at radius 1 is 0.880 bits per heavy atom. The van der Waals surface area contributed by atoms with Crippen LogP contribution < -0.4 is 10.4 Å². The molecule has 25 heavy (non-hydrogen) atoms. The quantitative estimate of drug-likeness (QED) is 0.491. The molecular weight excluding hydrogens is 324 g/mol. The maximum absolute atomic E-state index is 8.76. The third-order valence-corrected chi connectivity index (χ3v) is 9.43. The highest BCUT2D eigenvalue weighted by atomic mass is 28.4. The molecular formula is C22H28O2Si. The highest BCUT2D eigenvalue weighted by molar-refractivity contribution is 6.99. The van der Waals surface area contributed by atoms with Crippen LogP contribution in [0, 0.1) is 11.8 Å². The first kappa shape index (κ1) is 19.5. The summed E-state index contributed by atoms with van der Waals surface area (Å²) in [5.41, 5.74) is 0. The van der Waals surface area contributed by atoms with Gasteiger partial charge in [0.25, 0.3) is 8.32 Å². The van der Waals surface area contributed by atoms with Crippen molar-refractivity contribution < 1.29 is 9.53 Å². The second kappa shape index (κ2) is 9.01. The zero-order valence-corrected chi connectivity index (χ0v) is 16.5. The van der Waals surface area contributed by atoms with E-state index >= 15 is 0 Å². The highest BCUT2D eigenvalue weighted by Gasteiger charge is 2.49. The molecule has 0 heterocycles. The topological polar surface area (TPSA) is 29.5 Å². The van der Waals surface area contributed by atoms with Crippen LogP contribution in [0.3, 0.4) is 0 Å². The van der Waals surface area contributed by atoms with E-state index in [2.05, 4.69) is 93.3 Å². The molecule has 2 nitrogen and oxygen atoms in total. The Labute approximate surface area is 153 Å². The number of benzene rings is 2. The fourth-order valence-electron chi connectivity index (χ4n) is 3.29. The van der Waals surface area contributed by atoms with E-state index in [1.165, 1.54) is 10.4 Å². The Kier molecular flexibility index (Phi) is 7.01. The van der Waals surface area contributed by atoms with Gasteiger partial charge in [0.15, 0.2) is 0 Å². The first-order valence-electron chi connectivity index (χ1n) is 8.84. The molecule has 2 rings (SSSR count). The number of aliphatic hydroxyl groups is 1. The molecule has 0 saturated carbocycles. The number of hydrogen-bond acceptors (Lipinski definition) is 2. The predicted molar refractivity (Wildman–Crippen MR) is 108 cm³/mol. The molecule has 0 unspecified atom stereocenters. The van der Waals surface area contributed by atoms with Crippen molar-refractivity contribution in [2.45, 2.75) is 38.7 Å². The fraction of sp³-hybridized carbons (Fsp3) is 0.364. The molecule has 2 aromatic carbocycles. The van der Waals surface area contributed by atoms with Crippen LogP contribution in [0.5, 0.6) is 0 Å². The number of unbranched alkanes of at least 4 members (excludes halogenated alkanes) is 1. The molecule has 0 radical (unpaired) electrons. The monoisotopic (exact) mass is 352 g/mol. The van der Waals surface area contributed by atoms with Crippen LogP contribution in [-0.4, -0.2) is 26.6 Å². The molecule has 132 valence electrons. The van der Waals surface area contributed by atoms with E-state index < -0.39 is 8.32 Å². The first-order chi connectivity index (χ1) is 12.0. The van der Waals surface area contributed by atoms with Gasteiger partial charge in [0.05, 0.1) is 0 Å². The lowest BCUT2D eigenvalue weighted by Crippen LogP contribution is -2.66. The summed E-state index contributed by atoms with van der Waals surface area (Å²) in [6.45, 7) is 7.45. The molecule has 1 N–H and O–H groups in total. The minimum atomic E-state index is -2.42. The maximum Gasteiger partial charge on any atom is 0.261 e. The van der Waals surface area contributed by atoms with Crippen LogP contribution in [0.25, 0.3) is 0 Å². The van der Waals surface area contributed by atoms with Gasteiger partial charge in [-0.1, -0.05) is 87.4 Å². The molecule has 0 spiro atoms. The smallest absolute Gasteiger partial charge is 0.261 e. The van der Waals surface area contributed by atoms with Crippen molar-refractivity contribution in [2.24, 2.45) is 0 Å². The van der Waals surface area contributed by atoms with Gasteiger partial charge in [-0.25, -0.2) is 0 Å². The van der Waals surface area contributed by atoms with Crippen LogP contribution >= 0.6 is 0 Å². The van der Waals surface area contributed by atoms with E-state index in [-0.39, 0.29) is 11.6 Å². The van der Waals surface area contributed by atoms with Crippen LogP contribution in [-0.2, 0) is 4.43 Å². The van der Waals surface area contributed by atoms with Crippen molar-refractivity contribution in [3.63, 3.8) is 0 Å². The Morgan fingerprint density at radius 2 is 1.40 bits per heavy atom. The van der Waals surface area contributed by atoms with Crippen molar-refractivity contribution in [3.8, 4) is 11.8 Å². The second-order valence-corrected chi connectivity index (χ2v) is 11.4. The lowest BCUT2D eigenvalue weighted by Gasteiger charge is -2.43. The minimum Gasteiger partial charge on any atom is -0.407 e. The van der Waals surface area contributed by atoms with E-state index in [1.807, 2.05) is 0 Å². The summed E-state index contributed by atoms with van der Waals surface area (Å²) in [5.74, 6) is 5.68. The molecule has 0 bridgehead atoms. The molecule has 0 amide bonds. The fourth-order valence-corrected chi connectivity index (χ4v) is 7.90. The second-order valence-electron chi connectivity index (χ2n) is 7.13. The minimum absolute atomic E-state index is 0.00643. The zero-order chi connectivity index (χ0) is 18.2. The predicted octanol–water partition coefficient (Wildman–Crippen LogP) is 3.34.